The van der Waals surface area contributed by atoms with Gasteiger partial charge in [-0.3, -0.25) is 29.0 Å². The molecular formula is C19H17N3O5S. The average molecular weight is 399 g/mol. The molecule has 3 amide bonds. The van der Waals surface area contributed by atoms with Gasteiger partial charge < -0.3 is 4.74 Å². The molecule has 2 aliphatic rings. The number of aromatic nitrogens is 1. The first-order chi connectivity index (χ1) is 13.5. The molecular weight excluding hydrogens is 382 g/mol. The SMILES string of the molecule is O=C(Cc1csc(N2CCCC2=O)n1)OCCN1C(=O)c2ccccc2C1=O. The van der Waals surface area contributed by atoms with Crippen molar-refractivity contribution in [2.45, 2.75) is 19.3 Å². The lowest BCUT2D eigenvalue weighted by Crippen LogP contribution is -2.33. The number of hydrogen-bond donors (Lipinski definition) is 0. The van der Waals surface area contributed by atoms with Crippen LogP contribution in [0.4, 0.5) is 5.13 Å². The summed E-state index contributed by atoms with van der Waals surface area (Å²) in [5.74, 6) is -1.21. The summed E-state index contributed by atoms with van der Waals surface area (Å²) >= 11 is 1.32. The van der Waals surface area contributed by atoms with E-state index < -0.39 is 5.97 Å². The van der Waals surface area contributed by atoms with E-state index in [1.54, 1.807) is 34.5 Å². The van der Waals surface area contributed by atoms with Crippen LogP contribution in [0.3, 0.4) is 0 Å². The zero-order valence-electron chi connectivity index (χ0n) is 14.9. The van der Waals surface area contributed by atoms with Crippen molar-refractivity contribution in [1.82, 2.24) is 9.88 Å². The molecule has 1 aromatic carbocycles. The fourth-order valence-corrected chi connectivity index (χ4v) is 4.11. The molecule has 1 aromatic heterocycles. The number of benzene rings is 1. The van der Waals surface area contributed by atoms with Gasteiger partial charge in [0.1, 0.15) is 6.61 Å². The Morgan fingerprint density at radius 1 is 1.14 bits per heavy atom. The number of imide groups is 1. The van der Waals surface area contributed by atoms with Crippen molar-refractivity contribution in [3.05, 3.63) is 46.5 Å². The second-order valence-electron chi connectivity index (χ2n) is 6.48. The van der Waals surface area contributed by atoms with Crippen molar-refractivity contribution < 1.29 is 23.9 Å². The Bertz CT molecular complexity index is 935. The number of hydrogen-bond acceptors (Lipinski definition) is 7. The van der Waals surface area contributed by atoms with E-state index in [-0.39, 0.29) is 37.3 Å². The highest BCUT2D eigenvalue weighted by atomic mass is 32.1. The van der Waals surface area contributed by atoms with Crippen LogP contribution in [-0.4, -0.2) is 53.3 Å². The van der Waals surface area contributed by atoms with Gasteiger partial charge in [0.05, 0.1) is 29.8 Å². The van der Waals surface area contributed by atoms with Gasteiger partial charge in [0.25, 0.3) is 11.8 Å². The smallest absolute Gasteiger partial charge is 0.311 e. The van der Waals surface area contributed by atoms with Crippen LogP contribution in [0.1, 0.15) is 39.3 Å². The van der Waals surface area contributed by atoms with Crippen LogP contribution < -0.4 is 4.90 Å². The van der Waals surface area contributed by atoms with E-state index in [4.69, 9.17) is 4.74 Å². The summed E-state index contributed by atoms with van der Waals surface area (Å²) in [5.41, 5.74) is 1.26. The van der Waals surface area contributed by atoms with Crippen LogP contribution in [0, 0.1) is 0 Å². The molecule has 0 radical (unpaired) electrons. The molecule has 4 rings (SSSR count). The number of ether oxygens (including phenoxy) is 1. The standard InChI is InChI=1S/C19H17N3O5S/c23-15-6-3-7-21(15)19-20-12(11-28-19)10-16(24)27-9-8-22-17(25)13-4-1-2-5-14(13)18(22)26/h1-2,4-5,11H,3,6-10H2. The second kappa shape index (κ2) is 7.51. The van der Waals surface area contributed by atoms with Crippen LogP contribution in [0.25, 0.3) is 0 Å². The number of thiazole rings is 1. The molecule has 2 aliphatic heterocycles. The van der Waals surface area contributed by atoms with Crippen LogP contribution in [0.2, 0.25) is 0 Å². The van der Waals surface area contributed by atoms with Gasteiger partial charge >= 0.3 is 5.97 Å². The molecule has 0 bridgehead atoms. The maximum Gasteiger partial charge on any atom is 0.311 e. The molecule has 0 saturated carbocycles. The molecule has 0 N–H and O–H groups in total. The first kappa shape index (κ1) is 18.3. The number of nitrogens with zero attached hydrogens (tertiary/aromatic N) is 3. The third kappa shape index (κ3) is 3.40. The number of carbonyl (C=O) groups is 4. The van der Waals surface area contributed by atoms with Crippen LogP contribution in [0.5, 0.6) is 0 Å². The van der Waals surface area contributed by atoms with Gasteiger partial charge in [-0.05, 0) is 18.6 Å². The molecule has 8 nitrogen and oxygen atoms in total. The highest BCUT2D eigenvalue weighted by molar-refractivity contribution is 7.14. The second-order valence-corrected chi connectivity index (χ2v) is 7.31. The number of amides is 3. The first-order valence-corrected chi connectivity index (χ1v) is 9.78. The van der Waals surface area contributed by atoms with Crippen molar-refractivity contribution in [2.75, 3.05) is 24.6 Å². The lowest BCUT2D eigenvalue weighted by atomic mass is 10.1. The molecule has 9 heteroatoms. The average Bonchev–Trinajstić information content (AvgIpc) is 3.37. The molecule has 0 atom stereocenters. The highest BCUT2D eigenvalue weighted by Gasteiger charge is 2.34. The Hall–Kier alpha value is -3.07. The largest absolute Gasteiger partial charge is 0.463 e. The Morgan fingerprint density at radius 3 is 2.50 bits per heavy atom. The monoisotopic (exact) mass is 399 g/mol. The fourth-order valence-electron chi connectivity index (χ4n) is 3.24. The fraction of sp³-hybridized carbons (Fsp3) is 0.316. The number of carbonyl (C=O) groups excluding carboxylic acids is 4. The number of rotatable bonds is 6. The summed E-state index contributed by atoms with van der Waals surface area (Å²) in [4.78, 5) is 55.3. The van der Waals surface area contributed by atoms with Crippen molar-refractivity contribution in [3.63, 3.8) is 0 Å². The summed E-state index contributed by atoms with van der Waals surface area (Å²) in [6.07, 6.45) is 1.31. The Labute approximate surface area is 164 Å². The third-order valence-electron chi connectivity index (χ3n) is 4.63. The highest BCUT2D eigenvalue weighted by Crippen LogP contribution is 2.25. The molecule has 0 unspecified atom stereocenters. The van der Waals surface area contributed by atoms with E-state index in [0.29, 0.717) is 34.9 Å². The normalized spacial score (nSPS) is 16.1. The molecule has 1 saturated heterocycles. The molecule has 1 fully saturated rings. The minimum atomic E-state index is -0.499. The van der Waals surface area contributed by atoms with Crippen molar-refractivity contribution in [3.8, 4) is 0 Å². The summed E-state index contributed by atoms with van der Waals surface area (Å²) in [6.45, 7) is 0.575. The molecule has 2 aromatic rings. The van der Waals surface area contributed by atoms with Crippen LogP contribution in [0.15, 0.2) is 29.6 Å². The summed E-state index contributed by atoms with van der Waals surface area (Å²) < 4.78 is 5.16. The maximum atomic E-state index is 12.3. The van der Waals surface area contributed by atoms with Gasteiger partial charge in [0, 0.05) is 18.3 Å². The predicted octanol–water partition coefficient (Wildman–Crippen LogP) is 1.65. The van der Waals surface area contributed by atoms with Crippen molar-refractivity contribution in [2.24, 2.45) is 0 Å². The van der Waals surface area contributed by atoms with Gasteiger partial charge in [-0.1, -0.05) is 12.1 Å². The lowest BCUT2D eigenvalue weighted by molar-refractivity contribution is -0.143. The van der Waals surface area contributed by atoms with Gasteiger partial charge in [0.2, 0.25) is 5.91 Å². The van der Waals surface area contributed by atoms with Crippen LogP contribution in [-0.2, 0) is 20.7 Å². The maximum absolute atomic E-state index is 12.3. The van der Waals surface area contributed by atoms with Crippen LogP contribution >= 0.6 is 11.3 Å². The minimum absolute atomic E-state index is 0.00266. The van der Waals surface area contributed by atoms with E-state index in [1.165, 1.54) is 11.3 Å². The molecule has 144 valence electrons. The number of anilines is 1. The van der Waals surface area contributed by atoms with E-state index in [9.17, 15) is 19.2 Å². The zero-order chi connectivity index (χ0) is 19.7. The summed E-state index contributed by atoms with van der Waals surface area (Å²) in [6, 6.07) is 6.61. The molecule has 3 heterocycles. The Balaban J connectivity index is 1.28. The van der Waals surface area contributed by atoms with Gasteiger partial charge in [-0.25, -0.2) is 4.98 Å². The Morgan fingerprint density at radius 2 is 1.86 bits per heavy atom. The van der Waals surface area contributed by atoms with Crippen molar-refractivity contribution in [1.29, 1.82) is 0 Å². The van der Waals surface area contributed by atoms with Gasteiger partial charge in [0.15, 0.2) is 5.13 Å². The zero-order valence-corrected chi connectivity index (χ0v) is 15.7. The van der Waals surface area contributed by atoms with E-state index in [1.807, 2.05) is 0 Å². The molecule has 28 heavy (non-hydrogen) atoms. The van der Waals surface area contributed by atoms with E-state index >= 15 is 0 Å². The van der Waals surface area contributed by atoms with Gasteiger partial charge in [-0.15, -0.1) is 11.3 Å². The minimum Gasteiger partial charge on any atom is -0.463 e. The topological polar surface area (TPSA) is 96.9 Å². The molecule has 0 spiro atoms. The lowest BCUT2D eigenvalue weighted by Gasteiger charge is -2.13. The quantitative estimate of drug-likeness (QED) is 0.541. The van der Waals surface area contributed by atoms with E-state index in [2.05, 4.69) is 4.98 Å². The Kier molecular flexibility index (Phi) is 4.91. The summed E-state index contributed by atoms with van der Waals surface area (Å²) in [5, 5.41) is 2.32. The van der Waals surface area contributed by atoms with E-state index in [0.717, 1.165) is 11.3 Å². The third-order valence-corrected chi connectivity index (χ3v) is 5.54. The molecule has 0 aliphatic carbocycles. The van der Waals surface area contributed by atoms with Gasteiger partial charge in [-0.2, -0.15) is 0 Å². The van der Waals surface area contributed by atoms with Crippen molar-refractivity contribution >= 4 is 40.2 Å². The summed E-state index contributed by atoms with van der Waals surface area (Å²) in [7, 11) is 0. The number of fused-ring (bicyclic) bond motifs is 1. The predicted molar refractivity (Wildman–Crippen MR) is 100 cm³/mol. The first-order valence-electron chi connectivity index (χ1n) is 8.90. The number of esters is 1.